The fourth-order valence-corrected chi connectivity index (χ4v) is 1.27. The standard InChI is InChI=1S/C11H9F2N5O/c12-8-3-1-7(2-4-8)6-19-11-15-5-9(13)10(16-11)17-18-14/h1-5H,6H2,(H2,14,15,16,17). The van der Waals surface area contributed by atoms with Gasteiger partial charge in [-0.2, -0.15) is 4.98 Å². The molecular weight excluding hydrogens is 256 g/mol. The number of nitrogens with zero attached hydrogens (tertiary/aromatic N) is 4. The van der Waals surface area contributed by atoms with E-state index in [1.165, 1.54) is 12.1 Å². The molecule has 0 aliphatic rings. The minimum absolute atomic E-state index is 0.0758. The highest BCUT2D eigenvalue weighted by molar-refractivity contribution is 5.27. The monoisotopic (exact) mass is 265 g/mol. The maximum Gasteiger partial charge on any atom is 0.318 e. The minimum Gasteiger partial charge on any atom is -0.459 e. The Labute approximate surface area is 106 Å². The van der Waals surface area contributed by atoms with Gasteiger partial charge in [-0.1, -0.05) is 17.4 Å². The Bertz CT molecular complexity index is 588. The van der Waals surface area contributed by atoms with Crippen molar-refractivity contribution in [2.24, 2.45) is 16.2 Å². The number of aromatic nitrogens is 2. The van der Waals surface area contributed by atoms with Crippen molar-refractivity contribution in [2.45, 2.75) is 6.61 Å². The first-order valence-corrected chi connectivity index (χ1v) is 5.20. The maximum atomic E-state index is 13.1. The highest BCUT2D eigenvalue weighted by Gasteiger charge is 2.07. The average molecular weight is 265 g/mol. The molecule has 0 fully saturated rings. The molecule has 0 unspecified atom stereocenters. The van der Waals surface area contributed by atoms with Gasteiger partial charge in [0.25, 0.3) is 0 Å². The lowest BCUT2D eigenvalue weighted by Gasteiger charge is -2.04. The lowest BCUT2D eigenvalue weighted by Crippen LogP contribution is -2.00. The molecule has 0 saturated heterocycles. The van der Waals surface area contributed by atoms with Crippen LogP contribution in [0, 0.1) is 11.6 Å². The van der Waals surface area contributed by atoms with E-state index in [4.69, 9.17) is 10.6 Å². The number of rotatable bonds is 4. The SMILES string of the molecule is NN=Nc1nc(OCc2ccc(F)cc2)ncc1F. The topological polar surface area (TPSA) is 85.8 Å². The summed E-state index contributed by atoms with van der Waals surface area (Å²) in [6, 6.07) is 5.64. The molecule has 8 heteroatoms. The Hall–Kier alpha value is -2.64. The summed E-state index contributed by atoms with van der Waals surface area (Å²) < 4.78 is 31.0. The molecule has 19 heavy (non-hydrogen) atoms. The molecule has 0 atom stereocenters. The second-order valence-electron chi connectivity index (χ2n) is 3.45. The summed E-state index contributed by atoms with van der Waals surface area (Å²) in [7, 11) is 0. The van der Waals surface area contributed by atoms with E-state index in [2.05, 4.69) is 20.3 Å². The van der Waals surface area contributed by atoms with Gasteiger partial charge in [-0.15, -0.1) is 5.11 Å². The van der Waals surface area contributed by atoms with E-state index in [1.807, 2.05) is 0 Å². The van der Waals surface area contributed by atoms with Gasteiger partial charge in [0, 0.05) is 0 Å². The summed E-state index contributed by atoms with van der Waals surface area (Å²) in [6.07, 6.45) is 0.900. The zero-order valence-corrected chi connectivity index (χ0v) is 9.62. The third-order valence-corrected chi connectivity index (χ3v) is 2.14. The van der Waals surface area contributed by atoms with Gasteiger partial charge in [-0.05, 0) is 17.7 Å². The van der Waals surface area contributed by atoms with Crippen molar-refractivity contribution in [3.8, 4) is 6.01 Å². The Morgan fingerprint density at radius 2 is 1.95 bits per heavy atom. The third kappa shape index (κ3) is 3.41. The quantitative estimate of drug-likeness (QED) is 0.522. The van der Waals surface area contributed by atoms with Crippen LogP contribution in [0.1, 0.15) is 5.56 Å². The number of halogens is 2. The maximum absolute atomic E-state index is 13.1. The Morgan fingerprint density at radius 1 is 1.21 bits per heavy atom. The molecular formula is C11H9F2N5O. The predicted octanol–water partition coefficient (Wildman–Crippen LogP) is 2.29. The fourth-order valence-electron chi connectivity index (χ4n) is 1.27. The van der Waals surface area contributed by atoms with Crippen LogP contribution in [-0.2, 0) is 6.61 Å². The molecule has 2 N–H and O–H groups in total. The Kier molecular flexibility index (Phi) is 3.91. The van der Waals surface area contributed by atoms with E-state index in [-0.39, 0.29) is 24.3 Å². The van der Waals surface area contributed by atoms with Crippen LogP contribution in [0.25, 0.3) is 0 Å². The molecule has 2 aromatic rings. The van der Waals surface area contributed by atoms with Gasteiger partial charge >= 0.3 is 6.01 Å². The zero-order chi connectivity index (χ0) is 13.7. The molecule has 2 rings (SSSR count). The van der Waals surface area contributed by atoms with Crippen LogP contribution in [0.2, 0.25) is 0 Å². The van der Waals surface area contributed by atoms with E-state index in [0.717, 1.165) is 11.8 Å². The van der Waals surface area contributed by atoms with Crippen molar-refractivity contribution in [1.82, 2.24) is 9.97 Å². The van der Waals surface area contributed by atoms with Crippen molar-refractivity contribution >= 4 is 5.82 Å². The molecule has 0 aliphatic carbocycles. The lowest BCUT2D eigenvalue weighted by atomic mass is 10.2. The minimum atomic E-state index is -0.761. The molecule has 0 radical (unpaired) electrons. The van der Waals surface area contributed by atoms with Crippen LogP contribution in [0.5, 0.6) is 6.01 Å². The van der Waals surface area contributed by atoms with E-state index in [1.54, 1.807) is 12.1 Å². The van der Waals surface area contributed by atoms with E-state index in [9.17, 15) is 8.78 Å². The van der Waals surface area contributed by atoms with E-state index < -0.39 is 5.82 Å². The van der Waals surface area contributed by atoms with E-state index in [0.29, 0.717) is 0 Å². The smallest absolute Gasteiger partial charge is 0.318 e. The summed E-state index contributed by atoms with van der Waals surface area (Å²) in [5.41, 5.74) is 0.719. The van der Waals surface area contributed by atoms with Crippen molar-refractivity contribution in [1.29, 1.82) is 0 Å². The number of benzene rings is 1. The third-order valence-electron chi connectivity index (χ3n) is 2.14. The molecule has 0 bridgehead atoms. The summed E-state index contributed by atoms with van der Waals surface area (Å²) >= 11 is 0. The van der Waals surface area contributed by atoms with Gasteiger partial charge in [-0.25, -0.2) is 13.8 Å². The average Bonchev–Trinajstić information content (AvgIpc) is 2.42. The first-order chi connectivity index (χ1) is 9.19. The summed E-state index contributed by atoms with van der Waals surface area (Å²) in [5, 5.41) is 6.21. The van der Waals surface area contributed by atoms with Crippen LogP contribution >= 0.6 is 0 Å². The molecule has 0 saturated carbocycles. The van der Waals surface area contributed by atoms with Gasteiger partial charge in [0.2, 0.25) is 5.82 Å². The molecule has 6 nitrogen and oxygen atoms in total. The first kappa shape index (κ1) is 12.8. The van der Waals surface area contributed by atoms with Crippen molar-refractivity contribution < 1.29 is 13.5 Å². The summed E-state index contributed by atoms with van der Waals surface area (Å²) in [4.78, 5) is 7.30. The van der Waals surface area contributed by atoms with Crippen LogP contribution in [-0.4, -0.2) is 9.97 Å². The second kappa shape index (κ2) is 5.80. The molecule has 98 valence electrons. The van der Waals surface area contributed by atoms with Gasteiger partial charge in [0.1, 0.15) is 12.4 Å². The highest BCUT2D eigenvalue weighted by Crippen LogP contribution is 2.17. The van der Waals surface area contributed by atoms with Gasteiger partial charge in [0.05, 0.1) is 6.20 Å². The summed E-state index contributed by atoms with van der Waals surface area (Å²) in [6.45, 7) is 0.116. The van der Waals surface area contributed by atoms with Crippen molar-refractivity contribution in [3.05, 3.63) is 47.7 Å². The first-order valence-electron chi connectivity index (χ1n) is 5.20. The molecule has 0 amide bonds. The number of ether oxygens (including phenoxy) is 1. The van der Waals surface area contributed by atoms with E-state index >= 15 is 0 Å². The number of nitrogens with two attached hydrogens (primary N) is 1. The Morgan fingerprint density at radius 3 is 2.63 bits per heavy atom. The van der Waals surface area contributed by atoms with Crippen LogP contribution < -0.4 is 10.6 Å². The van der Waals surface area contributed by atoms with Gasteiger partial charge in [-0.3, -0.25) is 0 Å². The fraction of sp³-hybridized carbons (Fsp3) is 0.0909. The van der Waals surface area contributed by atoms with Crippen LogP contribution in [0.15, 0.2) is 40.8 Å². The summed E-state index contributed by atoms with van der Waals surface area (Å²) in [5.74, 6) is 3.40. The Balaban J connectivity index is 2.07. The van der Waals surface area contributed by atoms with Crippen molar-refractivity contribution in [3.63, 3.8) is 0 Å². The predicted molar refractivity (Wildman–Crippen MR) is 61.4 cm³/mol. The molecule has 1 heterocycles. The van der Waals surface area contributed by atoms with Gasteiger partial charge in [0.15, 0.2) is 5.82 Å². The normalized spacial score (nSPS) is 10.8. The van der Waals surface area contributed by atoms with Crippen LogP contribution in [0.4, 0.5) is 14.6 Å². The molecule has 1 aromatic heterocycles. The lowest BCUT2D eigenvalue weighted by molar-refractivity contribution is 0.279. The number of hydrogen-bond acceptors (Lipinski definition) is 5. The van der Waals surface area contributed by atoms with Gasteiger partial charge < -0.3 is 10.6 Å². The van der Waals surface area contributed by atoms with Crippen molar-refractivity contribution in [2.75, 3.05) is 0 Å². The molecule has 1 aromatic carbocycles. The largest absolute Gasteiger partial charge is 0.459 e. The molecule has 0 aliphatic heterocycles. The zero-order valence-electron chi connectivity index (χ0n) is 9.62. The highest BCUT2D eigenvalue weighted by atomic mass is 19.1. The number of hydrogen-bond donors (Lipinski definition) is 1. The second-order valence-corrected chi connectivity index (χ2v) is 3.45. The molecule has 0 spiro atoms. The van der Waals surface area contributed by atoms with Crippen LogP contribution in [0.3, 0.4) is 0 Å².